The van der Waals surface area contributed by atoms with E-state index in [2.05, 4.69) is 5.32 Å². The van der Waals surface area contributed by atoms with Gasteiger partial charge in [0, 0.05) is 35.7 Å². The van der Waals surface area contributed by atoms with Crippen LogP contribution in [0.1, 0.15) is 33.6 Å². The molecule has 0 unspecified atom stereocenters. The first-order valence-electron chi connectivity index (χ1n) is 7.33. The molecule has 0 saturated heterocycles. The van der Waals surface area contributed by atoms with Gasteiger partial charge < -0.3 is 10.2 Å². The van der Waals surface area contributed by atoms with Crippen LogP contribution in [-0.2, 0) is 12.8 Å². The Kier molecular flexibility index (Phi) is 3.97. The standard InChI is InChI=1S/C17H20N2OS/c1-19(2)13-9-7-12(8-10-13)18-17(20)15-11-21-16-6-4-3-5-14(15)16/h7-11H,3-6H2,1-2H3,(H,18,20). The van der Waals surface area contributed by atoms with Crippen molar-refractivity contribution in [1.29, 1.82) is 0 Å². The van der Waals surface area contributed by atoms with Crippen LogP contribution in [0.15, 0.2) is 29.6 Å². The molecule has 1 aliphatic carbocycles. The average Bonchev–Trinajstić information content (AvgIpc) is 2.92. The second-order valence-corrected chi connectivity index (χ2v) is 6.62. The number of carbonyl (C=O) groups excluding carboxylic acids is 1. The fourth-order valence-corrected chi connectivity index (χ4v) is 3.85. The lowest BCUT2D eigenvalue weighted by Gasteiger charge is -2.14. The van der Waals surface area contributed by atoms with Crippen molar-refractivity contribution >= 4 is 28.6 Å². The van der Waals surface area contributed by atoms with Crippen LogP contribution >= 0.6 is 11.3 Å². The van der Waals surface area contributed by atoms with Crippen LogP contribution < -0.4 is 10.2 Å². The summed E-state index contributed by atoms with van der Waals surface area (Å²) in [5.74, 6) is 0.0204. The molecule has 3 nitrogen and oxygen atoms in total. The Morgan fingerprint density at radius 2 is 1.86 bits per heavy atom. The van der Waals surface area contributed by atoms with Crippen molar-refractivity contribution in [3.8, 4) is 0 Å². The number of hydrogen-bond acceptors (Lipinski definition) is 3. The van der Waals surface area contributed by atoms with Gasteiger partial charge in [0.25, 0.3) is 5.91 Å². The first-order valence-corrected chi connectivity index (χ1v) is 8.21. The van der Waals surface area contributed by atoms with E-state index >= 15 is 0 Å². The fraction of sp³-hybridized carbons (Fsp3) is 0.353. The highest BCUT2D eigenvalue weighted by atomic mass is 32.1. The van der Waals surface area contributed by atoms with Gasteiger partial charge in [-0.05, 0) is 55.5 Å². The quantitative estimate of drug-likeness (QED) is 0.931. The zero-order valence-corrected chi connectivity index (χ0v) is 13.3. The number of fused-ring (bicyclic) bond motifs is 1. The van der Waals surface area contributed by atoms with Gasteiger partial charge in [-0.1, -0.05) is 0 Å². The highest BCUT2D eigenvalue weighted by Crippen LogP contribution is 2.30. The Morgan fingerprint density at radius 3 is 2.57 bits per heavy atom. The molecule has 1 aromatic heterocycles. The van der Waals surface area contributed by atoms with Crippen LogP contribution in [0.25, 0.3) is 0 Å². The molecule has 0 saturated carbocycles. The minimum absolute atomic E-state index is 0.0204. The SMILES string of the molecule is CN(C)c1ccc(NC(=O)c2csc3c2CCCC3)cc1. The van der Waals surface area contributed by atoms with Crippen molar-refractivity contribution < 1.29 is 4.79 Å². The zero-order valence-electron chi connectivity index (χ0n) is 12.5. The number of hydrogen-bond donors (Lipinski definition) is 1. The van der Waals surface area contributed by atoms with Gasteiger partial charge in [0.2, 0.25) is 0 Å². The molecule has 0 radical (unpaired) electrons. The Hall–Kier alpha value is -1.81. The number of aryl methyl sites for hydroxylation is 1. The first kappa shape index (κ1) is 14.1. The van der Waals surface area contributed by atoms with E-state index in [1.54, 1.807) is 11.3 Å². The van der Waals surface area contributed by atoms with Crippen LogP contribution in [0.5, 0.6) is 0 Å². The van der Waals surface area contributed by atoms with Gasteiger partial charge in [-0.3, -0.25) is 4.79 Å². The van der Waals surface area contributed by atoms with Crippen molar-refractivity contribution in [1.82, 2.24) is 0 Å². The molecule has 0 bridgehead atoms. The molecule has 0 aliphatic heterocycles. The number of thiophene rings is 1. The second-order valence-electron chi connectivity index (χ2n) is 5.65. The Bertz CT molecular complexity index is 643. The molecule has 4 heteroatoms. The normalized spacial score (nSPS) is 13.6. The number of nitrogens with zero attached hydrogens (tertiary/aromatic N) is 1. The monoisotopic (exact) mass is 300 g/mol. The summed E-state index contributed by atoms with van der Waals surface area (Å²) in [4.78, 5) is 15.9. The molecule has 1 aliphatic rings. The lowest BCUT2D eigenvalue weighted by atomic mass is 9.95. The van der Waals surface area contributed by atoms with Crippen molar-refractivity contribution in [2.24, 2.45) is 0 Å². The fourth-order valence-electron chi connectivity index (χ4n) is 2.73. The topological polar surface area (TPSA) is 32.3 Å². The summed E-state index contributed by atoms with van der Waals surface area (Å²) in [5, 5.41) is 5.02. The van der Waals surface area contributed by atoms with Crippen LogP contribution in [0.3, 0.4) is 0 Å². The molecule has 0 fully saturated rings. The van der Waals surface area contributed by atoms with E-state index < -0.39 is 0 Å². The molecule has 1 N–H and O–H groups in total. The van der Waals surface area contributed by atoms with Gasteiger partial charge in [-0.25, -0.2) is 0 Å². The van der Waals surface area contributed by atoms with E-state index in [1.807, 2.05) is 48.6 Å². The summed E-state index contributed by atoms with van der Waals surface area (Å²) < 4.78 is 0. The second kappa shape index (κ2) is 5.90. The first-order chi connectivity index (χ1) is 10.1. The molecule has 0 spiro atoms. The van der Waals surface area contributed by atoms with E-state index in [4.69, 9.17) is 0 Å². The predicted molar refractivity (Wildman–Crippen MR) is 89.7 cm³/mol. The third kappa shape index (κ3) is 2.95. The number of nitrogens with one attached hydrogen (secondary N) is 1. The Labute approximate surface area is 129 Å². The smallest absolute Gasteiger partial charge is 0.256 e. The maximum atomic E-state index is 12.5. The minimum Gasteiger partial charge on any atom is -0.378 e. The molecular weight excluding hydrogens is 280 g/mol. The number of anilines is 2. The van der Waals surface area contributed by atoms with Crippen LogP contribution in [-0.4, -0.2) is 20.0 Å². The molecule has 1 amide bonds. The lowest BCUT2D eigenvalue weighted by Crippen LogP contribution is -2.14. The molecule has 2 aromatic rings. The van der Waals surface area contributed by atoms with E-state index in [-0.39, 0.29) is 5.91 Å². The number of rotatable bonds is 3. The molecule has 1 heterocycles. The summed E-state index contributed by atoms with van der Waals surface area (Å²) in [6.07, 6.45) is 4.62. The van der Waals surface area contributed by atoms with Gasteiger partial charge in [0.15, 0.2) is 0 Å². The maximum absolute atomic E-state index is 12.5. The molecular formula is C17H20N2OS. The van der Waals surface area contributed by atoms with Gasteiger partial charge in [-0.2, -0.15) is 0 Å². The molecule has 0 atom stereocenters. The van der Waals surface area contributed by atoms with Crippen LogP contribution in [0, 0.1) is 0 Å². The zero-order chi connectivity index (χ0) is 14.8. The molecule has 21 heavy (non-hydrogen) atoms. The Balaban J connectivity index is 1.75. The summed E-state index contributed by atoms with van der Waals surface area (Å²) in [7, 11) is 4.01. The minimum atomic E-state index is 0.0204. The van der Waals surface area contributed by atoms with E-state index in [0.29, 0.717) is 0 Å². The van der Waals surface area contributed by atoms with Crippen molar-refractivity contribution in [2.45, 2.75) is 25.7 Å². The number of benzene rings is 1. The third-order valence-corrected chi connectivity index (χ3v) is 5.04. The largest absolute Gasteiger partial charge is 0.378 e. The van der Waals surface area contributed by atoms with E-state index in [1.165, 1.54) is 23.3 Å². The number of amides is 1. The summed E-state index contributed by atoms with van der Waals surface area (Å²) in [6, 6.07) is 7.93. The van der Waals surface area contributed by atoms with Gasteiger partial charge >= 0.3 is 0 Å². The Morgan fingerprint density at radius 1 is 1.14 bits per heavy atom. The van der Waals surface area contributed by atoms with Crippen molar-refractivity contribution in [3.63, 3.8) is 0 Å². The van der Waals surface area contributed by atoms with Gasteiger partial charge in [-0.15, -0.1) is 11.3 Å². The predicted octanol–water partition coefficient (Wildman–Crippen LogP) is 3.95. The molecule has 3 rings (SSSR count). The van der Waals surface area contributed by atoms with E-state index in [0.717, 1.165) is 29.8 Å². The average molecular weight is 300 g/mol. The van der Waals surface area contributed by atoms with Crippen molar-refractivity contribution in [2.75, 3.05) is 24.3 Å². The maximum Gasteiger partial charge on any atom is 0.256 e. The highest BCUT2D eigenvalue weighted by molar-refractivity contribution is 7.10. The van der Waals surface area contributed by atoms with Crippen molar-refractivity contribution in [3.05, 3.63) is 45.6 Å². The molecule has 110 valence electrons. The van der Waals surface area contributed by atoms with Gasteiger partial charge in [0.1, 0.15) is 0 Å². The summed E-state index contributed by atoms with van der Waals surface area (Å²) in [6.45, 7) is 0. The lowest BCUT2D eigenvalue weighted by molar-refractivity contribution is 0.102. The highest BCUT2D eigenvalue weighted by Gasteiger charge is 2.20. The van der Waals surface area contributed by atoms with E-state index in [9.17, 15) is 4.79 Å². The van der Waals surface area contributed by atoms with Crippen LogP contribution in [0.2, 0.25) is 0 Å². The molecule has 1 aromatic carbocycles. The third-order valence-electron chi connectivity index (χ3n) is 3.95. The summed E-state index contributed by atoms with van der Waals surface area (Å²) in [5.41, 5.74) is 4.11. The van der Waals surface area contributed by atoms with Crippen LogP contribution in [0.4, 0.5) is 11.4 Å². The summed E-state index contributed by atoms with van der Waals surface area (Å²) >= 11 is 1.73. The van der Waals surface area contributed by atoms with Gasteiger partial charge in [0.05, 0.1) is 5.56 Å². The number of carbonyl (C=O) groups is 1.